The summed E-state index contributed by atoms with van der Waals surface area (Å²) in [4.78, 5) is 0. The van der Waals surface area contributed by atoms with Gasteiger partial charge in [-0.1, -0.05) is 13.8 Å². The predicted molar refractivity (Wildman–Crippen MR) is 38.7 cm³/mol. The Kier molecular flexibility index (Phi) is 21.0. The first kappa shape index (κ1) is 10.5. The zero-order chi connectivity index (χ0) is 6.83. The van der Waals surface area contributed by atoms with Gasteiger partial charge in [-0.2, -0.15) is 0 Å². The summed E-state index contributed by atoms with van der Waals surface area (Å²) >= 11 is 0. The van der Waals surface area contributed by atoms with E-state index in [1.54, 1.807) is 6.92 Å². The fraction of sp³-hybridized carbons (Fsp3) is 0.714. The highest BCUT2D eigenvalue weighted by atomic mass is 14.8. The van der Waals surface area contributed by atoms with Crippen molar-refractivity contribution in [2.75, 3.05) is 13.1 Å². The summed E-state index contributed by atoms with van der Waals surface area (Å²) in [6.07, 6.45) is 4.60. The lowest BCUT2D eigenvalue weighted by atomic mass is 10.7. The lowest BCUT2D eigenvalue weighted by Gasteiger charge is -1.86. The van der Waals surface area contributed by atoms with Crippen molar-refractivity contribution < 1.29 is 0 Å². The SMILES string of the molecule is C#CC.CCNCC. The molecule has 0 rings (SSSR count). The van der Waals surface area contributed by atoms with Crippen LogP contribution >= 0.6 is 0 Å². The van der Waals surface area contributed by atoms with Gasteiger partial charge < -0.3 is 5.32 Å². The molecular formula is C7H15N. The van der Waals surface area contributed by atoms with Gasteiger partial charge in [-0.15, -0.1) is 12.3 Å². The van der Waals surface area contributed by atoms with E-state index in [1.165, 1.54) is 0 Å². The van der Waals surface area contributed by atoms with Gasteiger partial charge in [0, 0.05) is 0 Å². The van der Waals surface area contributed by atoms with Crippen molar-refractivity contribution in [3.63, 3.8) is 0 Å². The first-order valence-electron chi connectivity index (χ1n) is 2.91. The molecule has 0 saturated heterocycles. The topological polar surface area (TPSA) is 12.0 Å². The van der Waals surface area contributed by atoms with Crippen LogP contribution in [0.5, 0.6) is 0 Å². The minimum Gasteiger partial charge on any atom is -0.317 e. The second kappa shape index (κ2) is 16.0. The number of nitrogens with one attached hydrogen (secondary N) is 1. The summed E-state index contributed by atoms with van der Waals surface area (Å²) in [6, 6.07) is 0. The zero-order valence-electron chi connectivity index (χ0n) is 5.99. The highest BCUT2D eigenvalue weighted by molar-refractivity contribution is 4.73. The predicted octanol–water partition coefficient (Wildman–Crippen LogP) is 1.26. The maximum absolute atomic E-state index is 4.60. The Morgan fingerprint density at radius 1 is 1.38 bits per heavy atom. The molecule has 0 aliphatic rings. The number of hydrogen-bond donors (Lipinski definition) is 1. The molecule has 8 heavy (non-hydrogen) atoms. The van der Waals surface area contributed by atoms with Crippen molar-refractivity contribution in [2.45, 2.75) is 20.8 Å². The number of rotatable bonds is 2. The Balaban J connectivity index is 0. The molecule has 0 spiro atoms. The summed E-state index contributed by atoms with van der Waals surface area (Å²) < 4.78 is 0. The van der Waals surface area contributed by atoms with Crippen LogP contribution in [0.15, 0.2) is 0 Å². The average molecular weight is 113 g/mol. The Morgan fingerprint density at radius 2 is 1.62 bits per heavy atom. The standard InChI is InChI=1S/C4H11N.C3H4/c1-3-5-4-2;1-3-2/h5H,3-4H2,1-2H3;1H,2H3. The summed E-state index contributed by atoms with van der Waals surface area (Å²) in [7, 11) is 0. The van der Waals surface area contributed by atoms with E-state index in [2.05, 4.69) is 31.5 Å². The zero-order valence-corrected chi connectivity index (χ0v) is 5.99. The van der Waals surface area contributed by atoms with E-state index in [1.807, 2.05) is 0 Å². The maximum atomic E-state index is 4.60. The van der Waals surface area contributed by atoms with Crippen LogP contribution in [0, 0.1) is 12.3 Å². The fourth-order valence-corrected chi connectivity index (χ4v) is 0.250. The third-order valence-electron chi connectivity index (χ3n) is 0.500. The minimum absolute atomic E-state index is 1.09. The van der Waals surface area contributed by atoms with Gasteiger partial charge in [-0.3, -0.25) is 0 Å². The van der Waals surface area contributed by atoms with Crippen LogP contribution in [-0.4, -0.2) is 13.1 Å². The molecule has 1 nitrogen and oxygen atoms in total. The second-order valence-corrected chi connectivity index (χ2v) is 1.25. The Hall–Kier alpha value is -0.480. The van der Waals surface area contributed by atoms with Gasteiger partial charge in [-0.05, 0) is 20.0 Å². The normalized spacial score (nSPS) is 6.25. The lowest BCUT2D eigenvalue weighted by molar-refractivity contribution is 0.762. The molecule has 0 amide bonds. The van der Waals surface area contributed by atoms with Crippen LogP contribution in [0.2, 0.25) is 0 Å². The van der Waals surface area contributed by atoms with Crippen molar-refractivity contribution >= 4 is 0 Å². The molecule has 0 aromatic rings. The van der Waals surface area contributed by atoms with Gasteiger partial charge in [0.2, 0.25) is 0 Å². The lowest BCUT2D eigenvalue weighted by Crippen LogP contribution is -2.09. The van der Waals surface area contributed by atoms with E-state index in [0.717, 1.165) is 13.1 Å². The molecular weight excluding hydrogens is 98.1 g/mol. The molecule has 0 heterocycles. The van der Waals surface area contributed by atoms with Crippen molar-refractivity contribution in [1.82, 2.24) is 5.32 Å². The molecule has 0 bridgehead atoms. The summed E-state index contributed by atoms with van der Waals surface area (Å²) in [5.41, 5.74) is 0. The Labute approximate surface area is 52.5 Å². The van der Waals surface area contributed by atoms with Crippen LogP contribution in [0.25, 0.3) is 0 Å². The third kappa shape index (κ3) is 48.8. The van der Waals surface area contributed by atoms with Crippen LogP contribution in [0.1, 0.15) is 20.8 Å². The number of terminal acetylenes is 1. The van der Waals surface area contributed by atoms with Crippen LogP contribution in [0.3, 0.4) is 0 Å². The van der Waals surface area contributed by atoms with Gasteiger partial charge in [0.1, 0.15) is 0 Å². The fourth-order valence-electron chi connectivity index (χ4n) is 0.250. The number of hydrogen-bond acceptors (Lipinski definition) is 1. The first-order valence-corrected chi connectivity index (χ1v) is 2.91. The highest BCUT2D eigenvalue weighted by Crippen LogP contribution is 1.47. The molecule has 0 aliphatic heterocycles. The van der Waals surface area contributed by atoms with E-state index < -0.39 is 0 Å². The Bertz CT molecular complexity index is 49.9. The average Bonchev–Trinajstić information content (AvgIpc) is 1.71. The van der Waals surface area contributed by atoms with Gasteiger partial charge in [-0.25, -0.2) is 0 Å². The molecule has 0 radical (unpaired) electrons. The van der Waals surface area contributed by atoms with Crippen LogP contribution in [-0.2, 0) is 0 Å². The van der Waals surface area contributed by atoms with Crippen molar-refractivity contribution in [2.24, 2.45) is 0 Å². The minimum atomic E-state index is 1.09. The quantitative estimate of drug-likeness (QED) is 0.531. The van der Waals surface area contributed by atoms with E-state index in [9.17, 15) is 0 Å². The summed E-state index contributed by atoms with van der Waals surface area (Å²) in [5, 5.41) is 3.11. The molecule has 0 atom stereocenters. The molecule has 0 unspecified atom stereocenters. The third-order valence-corrected chi connectivity index (χ3v) is 0.500. The van der Waals surface area contributed by atoms with E-state index in [0.29, 0.717) is 0 Å². The maximum Gasteiger partial charge on any atom is -0.00297 e. The molecule has 0 aliphatic carbocycles. The van der Waals surface area contributed by atoms with Gasteiger partial charge in [0.05, 0.1) is 0 Å². The van der Waals surface area contributed by atoms with E-state index >= 15 is 0 Å². The van der Waals surface area contributed by atoms with Gasteiger partial charge in [0.15, 0.2) is 0 Å². The van der Waals surface area contributed by atoms with Crippen molar-refractivity contribution in [1.29, 1.82) is 0 Å². The molecule has 0 aromatic carbocycles. The summed E-state index contributed by atoms with van der Waals surface area (Å²) in [5.74, 6) is 2.25. The smallest absolute Gasteiger partial charge is 0.00297 e. The van der Waals surface area contributed by atoms with Crippen molar-refractivity contribution in [3.8, 4) is 12.3 Å². The molecule has 0 saturated carbocycles. The largest absolute Gasteiger partial charge is 0.317 e. The molecule has 0 aromatic heterocycles. The van der Waals surface area contributed by atoms with E-state index in [-0.39, 0.29) is 0 Å². The highest BCUT2D eigenvalue weighted by Gasteiger charge is 1.62. The summed E-state index contributed by atoms with van der Waals surface area (Å²) in [6.45, 7) is 8.04. The van der Waals surface area contributed by atoms with Crippen molar-refractivity contribution in [3.05, 3.63) is 0 Å². The second-order valence-electron chi connectivity index (χ2n) is 1.25. The van der Waals surface area contributed by atoms with E-state index in [4.69, 9.17) is 0 Å². The first-order chi connectivity index (χ1) is 3.83. The molecule has 1 heteroatoms. The van der Waals surface area contributed by atoms with Crippen LogP contribution < -0.4 is 5.32 Å². The molecule has 0 fully saturated rings. The molecule has 48 valence electrons. The molecule has 1 N–H and O–H groups in total. The van der Waals surface area contributed by atoms with Crippen LogP contribution in [0.4, 0.5) is 0 Å². The Morgan fingerprint density at radius 3 is 1.62 bits per heavy atom. The monoisotopic (exact) mass is 113 g/mol. The van der Waals surface area contributed by atoms with Gasteiger partial charge in [0.25, 0.3) is 0 Å². The van der Waals surface area contributed by atoms with Gasteiger partial charge >= 0.3 is 0 Å².